The van der Waals surface area contributed by atoms with Crippen LogP contribution in [-0.4, -0.2) is 35.7 Å². The molecule has 1 rings (SSSR count). The Morgan fingerprint density at radius 3 is 2.74 bits per heavy atom. The summed E-state index contributed by atoms with van der Waals surface area (Å²) in [6.07, 6.45) is 3.55. The van der Waals surface area contributed by atoms with Crippen molar-refractivity contribution in [1.82, 2.24) is 9.88 Å². The summed E-state index contributed by atoms with van der Waals surface area (Å²) in [5.41, 5.74) is 7.48. The van der Waals surface area contributed by atoms with Crippen molar-refractivity contribution in [1.29, 1.82) is 0 Å². The van der Waals surface area contributed by atoms with Crippen LogP contribution in [0.1, 0.15) is 12.6 Å². The average molecular weight is 260 g/mol. The Kier molecular flexibility index (Phi) is 10.3. The molecule has 0 bridgehead atoms. The fraction of sp³-hybridized carbons (Fsp3) is 0.333. The van der Waals surface area contributed by atoms with Crippen molar-refractivity contribution in [2.24, 2.45) is 10.7 Å². The molecule has 4 heteroatoms. The maximum atomic E-state index is 5.60. The summed E-state index contributed by atoms with van der Waals surface area (Å²) in [4.78, 5) is 10.7. The highest BCUT2D eigenvalue weighted by atomic mass is 15.1. The lowest BCUT2D eigenvalue weighted by atomic mass is 10.3. The Bertz CT molecular complexity index is 373. The molecule has 1 heterocycles. The molecule has 4 nitrogen and oxygen atoms in total. The molecule has 19 heavy (non-hydrogen) atoms. The molecular weight excluding hydrogens is 236 g/mol. The maximum absolute atomic E-state index is 5.60. The number of rotatable bonds is 7. The van der Waals surface area contributed by atoms with Crippen LogP contribution in [0.15, 0.2) is 54.8 Å². The Hall–Kier alpha value is -1.78. The van der Waals surface area contributed by atoms with E-state index in [0.29, 0.717) is 6.54 Å². The van der Waals surface area contributed by atoms with E-state index in [4.69, 9.17) is 5.73 Å². The molecule has 0 radical (unpaired) electrons. The minimum Gasteiger partial charge on any atom is -0.329 e. The molecule has 0 fully saturated rings. The van der Waals surface area contributed by atoms with Gasteiger partial charge < -0.3 is 5.73 Å². The largest absolute Gasteiger partial charge is 0.329 e. The molecule has 0 aliphatic carbocycles. The van der Waals surface area contributed by atoms with E-state index in [1.807, 2.05) is 25.1 Å². The van der Waals surface area contributed by atoms with Gasteiger partial charge in [0.15, 0.2) is 0 Å². The predicted molar refractivity (Wildman–Crippen MR) is 83.1 cm³/mol. The summed E-state index contributed by atoms with van der Waals surface area (Å²) >= 11 is 0. The minimum absolute atomic E-state index is 0.621. The lowest BCUT2D eigenvalue weighted by Gasteiger charge is -2.20. The van der Waals surface area contributed by atoms with Crippen LogP contribution < -0.4 is 5.73 Å². The van der Waals surface area contributed by atoms with Crippen LogP contribution in [0.4, 0.5) is 0 Å². The third kappa shape index (κ3) is 8.02. The molecule has 0 unspecified atom stereocenters. The van der Waals surface area contributed by atoms with Gasteiger partial charge >= 0.3 is 0 Å². The van der Waals surface area contributed by atoms with E-state index >= 15 is 0 Å². The van der Waals surface area contributed by atoms with Gasteiger partial charge in [-0.2, -0.15) is 0 Å². The summed E-state index contributed by atoms with van der Waals surface area (Å²) in [6.45, 7) is 14.7. The van der Waals surface area contributed by atoms with E-state index < -0.39 is 0 Å². The van der Waals surface area contributed by atoms with Crippen LogP contribution in [0, 0.1) is 0 Å². The molecule has 0 aliphatic heterocycles. The van der Waals surface area contributed by atoms with Crippen molar-refractivity contribution in [2.45, 2.75) is 13.5 Å². The van der Waals surface area contributed by atoms with E-state index in [9.17, 15) is 0 Å². The van der Waals surface area contributed by atoms with Crippen molar-refractivity contribution < 1.29 is 0 Å². The number of nitrogens with two attached hydrogens (primary N) is 1. The molecule has 104 valence electrons. The van der Waals surface area contributed by atoms with Crippen LogP contribution in [0.3, 0.4) is 0 Å². The zero-order chi connectivity index (χ0) is 14.5. The number of hydrogen-bond acceptors (Lipinski definition) is 4. The molecule has 0 saturated carbocycles. The highest BCUT2D eigenvalue weighted by molar-refractivity contribution is 5.55. The number of aromatic nitrogens is 1. The monoisotopic (exact) mass is 260 g/mol. The molecule has 1 aromatic rings. The second kappa shape index (κ2) is 11.3. The first-order valence-corrected chi connectivity index (χ1v) is 6.25. The van der Waals surface area contributed by atoms with Gasteiger partial charge in [0, 0.05) is 44.3 Å². The average Bonchev–Trinajstić information content (AvgIpc) is 2.42. The topological polar surface area (TPSA) is 54.5 Å². The van der Waals surface area contributed by atoms with E-state index in [1.165, 1.54) is 0 Å². The minimum atomic E-state index is 0.621. The van der Waals surface area contributed by atoms with Gasteiger partial charge in [-0.25, -0.2) is 0 Å². The first kappa shape index (κ1) is 17.2. The molecule has 0 amide bonds. The molecule has 0 saturated heterocycles. The van der Waals surface area contributed by atoms with Crippen LogP contribution in [-0.2, 0) is 6.54 Å². The number of pyridine rings is 1. The summed E-state index contributed by atoms with van der Waals surface area (Å²) in [6, 6.07) is 5.91. The molecule has 2 N–H and O–H groups in total. The summed E-state index contributed by atoms with van der Waals surface area (Å²) in [7, 11) is 0. The summed E-state index contributed by atoms with van der Waals surface area (Å²) < 4.78 is 0. The second-order valence-electron chi connectivity index (χ2n) is 3.77. The quantitative estimate of drug-likeness (QED) is 0.604. The first-order chi connectivity index (χ1) is 9.26. The molecular formula is C15H24N4. The summed E-state index contributed by atoms with van der Waals surface area (Å²) in [5.74, 6) is 0. The zero-order valence-corrected chi connectivity index (χ0v) is 11.8. The van der Waals surface area contributed by atoms with Gasteiger partial charge in [0.25, 0.3) is 0 Å². The van der Waals surface area contributed by atoms with Crippen molar-refractivity contribution in [3.63, 3.8) is 0 Å². The van der Waals surface area contributed by atoms with Gasteiger partial charge in [0.1, 0.15) is 0 Å². The first-order valence-electron chi connectivity index (χ1n) is 6.25. The Morgan fingerprint density at radius 1 is 1.47 bits per heavy atom. The van der Waals surface area contributed by atoms with Crippen molar-refractivity contribution >= 4 is 6.21 Å². The van der Waals surface area contributed by atoms with Crippen LogP contribution in [0.5, 0.6) is 0 Å². The van der Waals surface area contributed by atoms with Crippen molar-refractivity contribution in [3.8, 4) is 0 Å². The van der Waals surface area contributed by atoms with Gasteiger partial charge in [-0.05, 0) is 19.1 Å². The van der Waals surface area contributed by atoms with Gasteiger partial charge in [0.2, 0.25) is 0 Å². The number of aliphatic imine (C=N–C) groups is 1. The second-order valence-corrected chi connectivity index (χ2v) is 3.77. The highest BCUT2D eigenvalue weighted by Gasteiger charge is 2.06. The standard InChI is InChI=1S/C13H20N4.C2H4/c1-3-15-12(2)10-17(9-7-14)11-13-6-4-5-8-16-13;1-2/h3-6,8H,2,7,9-11,14H2,1H3;1-2H2. The van der Waals surface area contributed by atoms with Crippen LogP contribution in [0.2, 0.25) is 0 Å². The van der Waals surface area contributed by atoms with E-state index in [1.54, 1.807) is 12.4 Å². The molecule has 1 aromatic heterocycles. The van der Waals surface area contributed by atoms with E-state index in [0.717, 1.165) is 31.0 Å². The smallest absolute Gasteiger partial charge is 0.0544 e. The highest BCUT2D eigenvalue weighted by Crippen LogP contribution is 2.04. The Labute approximate surface area is 116 Å². The van der Waals surface area contributed by atoms with Gasteiger partial charge in [-0.15, -0.1) is 13.2 Å². The lowest BCUT2D eigenvalue weighted by molar-refractivity contribution is 0.292. The van der Waals surface area contributed by atoms with Crippen molar-refractivity contribution in [3.05, 3.63) is 55.5 Å². The normalized spacial score (nSPS) is 10.3. The summed E-state index contributed by atoms with van der Waals surface area (Å²) in [5, 5.41) is 0. The van der Waals surface area contributed by atoms with Crippen LogP contribution >= 0.6 is 0 Å². The predicted octanol–water partition coefficient (Wildman–Crippen LogP) is 2.25. The fourth-order valence-corrected chi connectivity index (χ4v) is 1.60. The van der Waals surface area contributed by atoms with Gasteiger partial charge in [0.05, 0.1) is 5.69 Å². The third-order valence-corrected chi connectivity index (χ3v) is 2.27. The molecule has 0 atom stereocenters. The van der Waals surface area contributed by atoms with Gasteiger partial charge in [-0.3, -0.25) is 14.9 Å². The SMILES string of the molecule is C=C.C=C(CN(CCN)Cc1ccccn1)N=CC. The number of hydrogen-bond donors (Lipinski definition) is 1. The van der Waals surface area contributed by atoms with Crippen molar-refractivity contribution in [2.75, 3.05) is 19.6 Å². The van der Waals surface area contributed by atoms with E-state index in [-0.39, 0.29) is 0 Å². The molecule has 0 spiro atoms. The van der Waals surface area contributed by atoms with E-state index in [2.05, 4.69) is 34.6 Å². The third-order valence-electron chi connectivity index (χ3n) is 2.27. The number of nitrogens with zero attached hydrogens (tertiary/aromatic N) is 3. The molecule has 0 aliphatic rings. The van der Waals surface area contributed by atoms with Crippen LogP contribution in [0.25, 0.3) is 0 Å². The molecule has 0 aromatic carbocycles. The Morgan fingerprint density at radius 2 is 2.21 bits per heavy atom. The maximum Gasteiger partial charge on any atom is 0.0544 e. The Balaban J connectivity index is 0.00000154. The fourth-order valence-electron chi connectivity index (χ4n) is 1.60. The van der Waals surface area contributed by atoms with Gasteiger partial charge in [-0.1, -0.05) is 12.6 Å². The zero-order valence-electron chi connectivity index (χ0n) is 11.8. The lowest BCUT2D eigenvalue weighted by Crippen LogP contribution is -2.30.